The number of alkyl carbamates (subject to hydrolysis) is 1. The van der Waals surface area contributed by atoms with Crippen molar-refractivity contribution in [1.82, 2.24) is 10.6 Å². The first-order chi connectivity index (χ1) is 12.5. The predicted molar refractivity (Wildman–Crippen MR) is 98.5 cm³/mol. The Kier molecular flexibility index (Phi) is 6.62. The molecule has 150 valence electrons. The van der Waals surface area contributed by atoms with Crippen LogP contribution in [0.1, 0.15) is 34.1 Å². The highest BCUT2D eigenvalue weighted by atomic mass is 19.2. The van der Waals surface area contributed by atoms with Crippen LogP contribution < -0.4 is 15.5 Å². The minimum atomic E-state index is -0.869. The maximum absolute atomic E-state index is 13.4. The second-order valence-electron chi connectivity index (χ2n) is 7.81. The molecular formula is C19H27F2N3O3. The van der Waals surface area contributed by atoms with E-state index >= 15 is 0 Å². The molecule has 1 aliphatic rings. The van der Waals surface area contributed by atoms with Crippen molar-refractivity contribution in [2.45, 2.75) is 45.8 Å². The first-order valence-electron chi connectivity index (χ1n) is 9.02. The van der Waals surface area contributed by atoms with Gasteiger partial charge in [-0.05, 0) is 52.2 Å². The van der Waals surface area contributed by atoms with Crippen LogP contribution in [0.25, 0.3) is 0 Å². The zero-order chi connectivity index (χ0) is 20.2. The predicted octanol–water partition coefficient (Wildman–Crippen LogP) is 2.82. The Bertz CT molecular complexity index is 691. The summed E-state index contributed by atoms with van der Waals surface area (Å²) in [6, 6.07) is 3.13. The summed E-state index contributed by atoms with van der Waals surface area (Å²) < 4.78 is 31.5. The van der Waals surface area contributed by atoms with E-state index < -0.39 is 29.4 Å². The molecule has 0 aliphatic carbocycles. The number of amides is 2. The number of hydrogen-bond donors (Lipinski definition) is 2. The zero-order valence-electron chi connectivity index (χ0n) is 16.1. The number of nitrogens with one attached hydrogen (secondary N) is 2. The number of carbonyl (C=O) groups excluding carboxylic acids is 2. The summed E-state index contributed by atoms with van der Waals surface area (Å²) in [6.07, 6.45) is 0.184. The average molecular weight is 383 g/mol. The van der Waals surface area contributed by atoms with E-state index in [1.165, 1.54) is 6.07 Å². The fourth-order valence-corrected chi connectivity index (χ4v) is 2.86. The average Bonchev–Trinajstić information content (AvgIpc) is 3.02. The van der Waals surface area contributed by atoms with Gasteiger partial charge in [-0.15, -0.1) is 0 Å². The lowest BCUT2D eigenvalue weighted by Crippen LogP contribution is -2.47. The van der Waals surface area contributed by atoms with Crippen molar-refractivity contribution in [2.75, 3.05) is 24.5 Å². The van der Waals surface area contributed by atoms with Crippen molar-refractivity contribution in [1.29, 1.82) is 0 Å². The third-order valence-corrected chi connectivity index (χ3v) is 4.25. The summed E-state index contributed by atoms with van der Waals surface area (Å²) in [5.74, 6) is -1.84. The van der Waals surface area contributed by atoms with E-state index in [-0.39, 0.29) is 11.8 Å². The molecule has 0 saturated carbocycles. The summed E-state index contributed by atoms with van der Waals surface area (Å²) in [5.41, 5.74) is -0.00405. The van der Waals surface area contributed by atoms with E-state index in [9.17, 15) is 18.4 Å². The molecule has 1 fully saturated rings. The largest absolute Gasteiger partial charge is 0.444 e. The van der Waals surface area contributed by atoms with Crippen molar-refractivity contribution in [3.8, 4) is 0 Å². The van der Waals surface area contributed by atoms with Gasteiger partial charge in [0.1, 0.15) is 11.6 Å². The fourth-order valence-electron chi connectivity index (χ4n) is 2.86. The van der Waals surface area contributed by atoms with Crippen molar-refractivity contribution in [3.05, 3.63) is 29.8 Å². The van der Waals surface area contributed by atoms with Gasteiger partial charge in [0, 0.05) is 31.4 Å². The van der Waals surface area contributed by atoms with Crippen LogP contribution in [-0.2, 0) is 9.53 Å². The minimum absolute atomic E-state index is 0.191. The van der Waals surface area contributed by atoms with Gasteiger partial charge in [0.05, 0.1) is 0 Å². The molecule has 0 aromatic heterocycles. The summed E-state index contributed by atoms with van der Waals surface area (Å²) in [5, 5.41) is 5.31. The normalized spacial score (nSPS) is 18.1. The van der Waals surface area contributed by atoms with E-state index in [1.807, 2.05) is 4.90 Å². The van der Waals surface area contributed by atoms with Crippen molar-refractivity contribution in [3.63, 3.8) is 0 Å². The first kappa shape index (κ1) is 20.9. The molecule has 1 aromatic carbocycles. The van der Waals surface area contributed by atoms with Gasteiger partial charge in [0.2, 0.25) is 5.91 Å². The number of benzene rings is 1. The highest BCUT2D eigenvalue weighted by Crippen LogP contribution is 2.25. The third-order valence-electron chi connectivity index (χ3n) is 4.25. The van der Waals surface area contributed by atoms with E-state index in [2.05, 4.69) is 10.6 Å². The maximum Gasteiger partial charge on any atom is 0.408 e. The van der Waals surface area contributed by atoms with Crippen LogP contribution in [0.4, 0.5) is 19.3 Å². The lowest BCUT2D eigenvalue weighted by molar-refractivity contribution is -0.122. The smallest absolute Gasteiger partial charge is 0.408 e. The van der Waals surface area contributed by atoms with Gasteiger partial charge < -0.3 is 20.3 Å². The monoisotopic (exact) mass is 383 g/mol. The summed E-state index contributed by atoms with van der Waals surface area (Å²) in [4.78, 5) is 25.8. The van der Waals surface area contributed by atoms with Crippen LogP contribution in [-0.4, -0.2) is 43.3 Å². The molecule has 0 radical (unpaired) electrons. The van der Waals surface area contributed by atoms with Crippen LogP contribution >= 0.6 is 0 Å². The lowest BCUT2D eigenvalue weighted by atomic mass is 10.1. The number of nitrogens with zero attached hydrogens (tertiary/aromatic N) is 1. The number of anilines is 1. The molecule has 1 saturated heterocycles. The summed E-state index contributed by atoms with van der Waals surface area (Å²) >= 11 is 0. The van der Waals surface area contributed by atoms with Crippen molar-refractivity contribution in [2.24, 2.45) is 5.92 Å². The SMILES string of the molecule is CC(NC(=O)OC(C)(C)C)C(=O)NCC1CCN(c2ccc(F)c(F)c2)C1. The Morgan fingerprint density at radius 1 is 1.30 bits per heavy atom. The van der Waals surface area contributed by atoms with Gasteiger partial charge in [-0.3, -0.25) is 4.79 Å². The molecular weight excluding hydrogens is 356 g/mol. The Balaban J connectivity index is 1.77. The molecule has 8 heteroatoms. The molecule has 2 amide bonds. The van der Waals surface area contributed by atoms with Crippen LogP contribution in [0.2, 0.25) is 0 Å². The van der Waals surface area contributed by atoms with Gasteiger partial charge in [-0.1, -0.05) is 0 Å². The quantitative estimate of drug-likeness (QED) is 0.820. The van der Waals surface area contributed by atoms with Crippen molar-refractivity contribution < 1.29 is 23.1 Å². The van der Waals surface area contributed by atoms with E-state index in [0.29, 0.717) is 25.3 Å². The fraction of sp³-hybridized carbons (Fsp3) is 0.579. The number of halogens is 2. The maximum atomic E-state index is 13.4. The molecule has 27 heavy (non-hydrogen) atoms. The van der Waals surface area contributed by atoms with Crippen molar-refractivity contribution >= 4 is 17.7 Å². The summed E-state index contributed by atoms with van der Waals surface area (Å²) in [7, 11) is 0. The van der Waals surface area contributed by atoms with Crippen LogP contribution in [0.5, 0.6) is 0 Å². The third kappa shape index (κ3) is 6.37. The number of ether oxygens (including phenoxy) is 1. The van der Waals surface area contributed by atoms with Gasteiger partial charge in [-0.25, -0.2) is 13.6 Å². The minimum Gasteiger partial charge on any atom is -0.444 e. The Hall–Kier alpha value is -2.38. The van der Waals surface area contributed by atoms with E-state index in [4.69, 9.17) is 4.74 Å². The van der Waals surface area contributed by atoms with Gasteiger partial charge >= 0.3 is 6.09 Å². The van der Waals surface area contributed by atoms with Gasteiger partial charge in [0.25, 0.3) is 0 Å². The lowest BCUT2D eigenvalue weighted by Gasteiger charge is -2.22. The second kappa shape index (κ2) is 8.54. The topological polar surface area (TPSA) is 70.7 Å². The highest BCUT2D eigenvalue weighted by Gasteiger charge is 2.25. The highest BCUT2D eigenvalue weighted by molar-refractivity contribution is 5.85. The molecule has 2 unspecified atom stereocenters. The molecule has 1 aliphatic heterocycles. The van der Waals surface area contributed by atoms with E-state index in [1.54, 1.807) is 33.8 Å². The zero-order valence-corrected chi connectivity index (χ0v) is 16.1. The second-order valence-corrected chi connectivity index (χ2v) is 7.81. The molecule has 1 aromatic rings. The molecule has 1 heterocycles. The van der Waals surface area contributed by atoms with Crippen LogP contribution in [0, 0.1) is 17.6 Å². The van der Waals surface area contributed by atoms with Gasteiger partial charge in [-0.2, -0.15) is 0 Å². The number of hydrogen-bond acceptors (Lipinski definition) is 4. The number of rotatable bonds is 5. The van der Waals surface area contributed by atoms with Crippen LogP contribution in [0.3, 0.4) is 0 Å². The first-order valence-corrected chi connectivity index (χ1v) is 9.02. The van der Waals surface area contributed by atoms with Crippen LogP contribution in [0.15, 0.2) is 18.2 Å². The molecule has 6 nitrogen and oxygen atoms in total. The molecule has 2 rings (SSSR count). The van der Waals surface area contributed by atoms with E-state index in [0.717, 1.165) is 12.5 Å². The number of carbonyl (C=O) groups is 2. The molecule has 0 bridgehead atoms. The van der Waals surface area contributed by atoms with Gasteiger partial charge in [0.15, 0.2) is 11.6 Å². The Labute approximate surface area is 158 Å². The standard InChI is InChI=1S/C19H27F2N3O3/c1-12(23-18(26)27-19(2,3)4)17(25)22-10-13-7-8-24(11-13)14-5-6-15(20)16(21)9-14/h5-6,9,12-13H,7-8,10-11H2,1-4H3,(H,22,25)(H,23,26). The Morgan fingerprint density at radius 2 is 2.00 bits per heavy atom. The summed E-state index contributed by atoms with van der Waals surface area (Å²) in [6.45, 7) is 8.61. The molecule has 2 atom stereocenters. The molecule has 2 N–H and O–H groups in total. The molecule has 0 spiro atoms. The Morgan fingerprint density at radius 3 is 2.63 bits per heavy atom.